The monoisotopic (exact) mass is 567 g/mol. The van der Waals surface area contributed by atoms with Crippen LogP contribution in [0.25, 0.3) is 0 Å². The van der Waals surface area contributed by atoms with E-state index in [0.29, 0.717) is 11.8 Å². The number of rotatable bonds is 10. The molecule has 10 nitrogen and oxygen atoms in total. The lowest BCUT2D eigenvalue weighted by Crippen LogP contribution is -2.24. The summed E-state index contributed by atoms with van der Waals surface area (Å²) in [6.07, 6.45) is -3.86. The van der Waals surface area contributed by atoms with Crippen molar-refractivity contribution < 1.29 is 37.1 Å². The van der Waals surface area contributed by atoms with Crippen LogP contribution in [0.3, 0.4) is 0 Å². The fraction of sp³-hybridized carbons (Fsp3) is 0.320. The van der Waals surface area contributed by atoms with Crippen LogP contribution in [0.4, 0.5) is 36.3 Å². The molecule has 0 aliphatic heterocycles. The summed E-state index contributed by atoms with van der Waals surface area (Å²) in [5.74, 6) is -1.14. The molecule has 14 heteroatoms. The molecule has 0 aliphatic carbocycles. The van der Waals surface area contributed by atoms with E-state index in [1.54, 1.807) is 26.0 Å². The van der Waals surface area contributed by atoms with Gasteiger partial charge in [-0.05, 0) is 42.7 Å². The van der Waals surface area contributed by atoms with Gasteiger partial charge in [-0.2, -0.15) is 18.2 Å². The van der Waals surface area contributed by atoms with E-state index in [0.717, 1.165) is 0 Å². The number of halogens is 3. The Morgan fingerprint density at radius 1 is 1.05 bits per heavy atom. The van der Waals surface area contributed by atoms with Crippen LogP contribution < -0.4 is 20.7 Å². The van der Waals surface area contributed by atoms with Crippen LogP contribution in [0.15, 0.2) is 48.7 Å². The zero-order valence-electron chi connectivity index (χ0n) is 21.6. The maximum Gasteiger partial charge on any atom is 0.421 e. The van der Waals surface area contributed by atoms with Crippen molar-refractivity contribution in [1.29, 1.82) is 0 Å². The molecule has 0 saturated heterocycles. The van der Waals surface area contributed by atoms with E-state index in [9.17, 15) is 32.3 Å². The van der Waals surface area contributed by atoms with Crippen molar-refractivity contribution >= 4 is 36.6 Å². The van der Waals surface area contributed by atoms with Crippen molar-refractivity contribution in [2.75, 3.05) is 24.8 Å². The predicted octanol–water partition coefficient (Wildman–Crippen LogP) is 5.54. The number of hydrogen-bond donors (Lipinski definition) is 5. The van der Waals surface area contributed by atoms with Crippen LogP contribution in [0, 0.1) is 0 Å². The summed E-state index contributed by atoms with van der Waals surface area (Å²) in [6, 6.07) is 10.5. The van der Waals surface area contributed by atoms with Gasteiger partial charge in [0, 0.05) is 13.2 Å². The minimum Gasteiger partial charge on any atom is -0.495 e. The number of aromatic nitrogens is 2. The Kier molecular flexibility index (Phi) is 8.89. The van der Waals surface area contributed by atoms with E-state index in [-0.39, 0.29) is 41.5 Å². The normalized spacial score (nSPS) is 12.1. The molecule has 1 aromatic heterocycles. The molecule has 0 atom stereocenters. The average Bonchev–Trinajstić information content (AvgIpc) is 2.89. The highest BCUT2D eigenvalue weighted by atomic mass is 31.2. The summed E-state index contributed by atoms with van der Waals surface area (Å²) in [4.78, 5) is 40.2. The summed E-state index contributed by atoms with van der Waals surface area (Å²) >= 11 is 0. The van der Waals surface area contributed by atoms with E-state index < -0.39 is 36.2 Å². The number of ether oxygens (including phenoxy) is 1. The molecule has 0 unspecified atom stereocenters. The number of carbonyl (C=O) groups is 1. The third kappa shape index (κ3) is 6.16. The Bertz CT molecular complexity index is 1390. The fourth-order valence-corrected chi connectivity index (χ4v) is 5.54. The number of anilines is 4. The number of benzene rings is 2. The minimum absolute atomic E-state index is 0.0989. The van der Waals surface area contributed by atoms with Crippen molar-refractivity contribution in [3.63, 3.8) is 0 Å². The van der Waals surface area contributed by atoms with E-state index in [2.05, 4.69) is 25.9 Å². The molecular weight excluding hydrogens is 538 g/mol. The average molecular weight is 568 g/mol. The number of amides is 1. The molecule has 0 saturated carbocycles. The Morgan fingerprint density at radius 2 is 1.72 bits per heavy atom. The number of methoxy groups -OCH3 is 1. The molecule has 3 aromatic rings. The molecule has 2 aromatic carbocycles. The molecule has 0 radical (unpaired) electrons. The van der Waals surface area contributed by atoms with Crippen LogP contribution in [0.5, 0.6) is 5.75 Å². The number of hydrogen-bond acceptors (Lipinski definition) is 7. The van der Waals surface area contributed by atoms with E-state index in [1.807, 2.05) is 0 Å². The molecule has 1 heterocycles. The summed E-state index contributed by atoms with van der Waals surface area (Å²) in [6.45, 7) is 3.35. The van der Waals surface area contributed by atoms with Crippen LogP contribution in [-0.4, -0.2) is 39.8 Å². The molecule has 5 N–H and O–H groups in total. The highest BCUT2D eigenvalue weighted by Crippen LogP contribution is 2.61. The van der Waals surface area contributed by atoms with Gasteiger partial charge >= 0.3 is 13.8 Å². The van der Waals surface area contributed by atoms with Gasteiger partial charge in [-0.1, -0.05) is 32.0 Å². The smallest absolute Gasteiger partial charge is 0.421 e. The molecule has 0 bridgehead atoms. The zero-order chi connectivity index (χ0) is 29.0. The predicted molar refractivity (Wildman–Crippen MR) is 141 cm³/mol. The third-order valence-corrected chi connectivity index (χ3v) is 8.46. The molecule has 39 heavy (non-hydrogen) atoms. The zero-order valence-corrected chi connectivity index (χ0v) is 22.5. The van der Waals surface area contributed by atoms with Gasteiger partial charge in [0.2, 0.25) is 5.95 Å². The Hall–Kier alpha value is -3.67. The standard InChI is InChI=1S/C25H29F3N5O5P/c1-5-24(6-2,39(35,36)37)15-11-12-19(20(13-15)38-4)32-23-30-14-17(25(26,27)28)21(33-23)31-18-10-8-7-9-16(18)22(34)29-3/h7-14H,5-6H2,1-4H3,(H,29,34)(H2,35,36,37)(H2,30,31,32,33). The SMILES string of the molecule is CCC(CC)(c1ccc(Nc2ncc(C(F)(F)F)c(Nc3ccccc3C(=O)NC)n2)c(OC)c1)P(=O)(O)O. The first-order valence-electron chi connectivity index (χ1n) is 11.8. The minimum atomic E-state index is -4.80. The second-order valence-electron chi connectivity index (χ2n) is 8.53. The van der Waals surface area contributed by atoms with Gasteiger partial charge in [0.15, 0.2) is 0 Å². The molecule has 3 rings (SSSR count). The van der Waals surface area contributed by atoms with Crippen molar-refractivity contribution in [1.82, 2.24) is 15.3 Å². The summed E-state index contributed by atoms with van der Waals surface area (Å²) in [5.41, 5.74) is -0.339. The van der Waals surface area contributed by atoms with Crippen molar-refractivity contribution in [3.8, 4) is 5.75 Å². The highest BCUT2D eigenvalue weighted by molar-refractivity contribution is 7.53. The first-order chi connectivity index (χ1) is 18.3. The number of carbonyl (C=O) groups excluding carboxylic acids is 1. The van der Waals surface area contributed by atoms with Crippen LogP contribution >= 0.6 is 7.60 Å². The highest BCUT2D eigenvalue weighted by Gasteiger charge is 2.45. The molecule has 0 spiro atoms. The number of alkyl halides is 3. The van der Waals surface area contributed by atoms with Crippen molar-refractivity contribution in [2.45, 2.75) is 38.0 Å². The molecule has 0 fully saturated rings. The van der Waals surface area contributed by atoms with Gasteiger partial charge in [0.25, 0.3) is 5.91 Å². The fourth-order valence-electron chi connectivity index (χ4n) is 4.24. The first-order valence-corrected chi connectivity index (χ1v) is 13.5. The third-order valence-electron chi connectivity index (χ3n) is 6.46. The van der Waals surface area contributed by atoms with Gasteiger partial charge in [-0.3, -0.25) is 9.36 Å². The first kappa shape index (κ1) is 29.9. The quantitative estimate of drug-likeness (QED) is 0.199. The topological polar surface area (TPSA) is 146 Å². The second-order valence-corrected chi connectivity index (χ2v) is 10.5. The van der Waals surface area contributed by atoms with E-state index in [1.165, 1.54) is 44.5 Å². The Balaban J connectivity index is 2.05. The lowest BCUT2D eigenvalue weighted by molar-refractivity contribution is -0.137. The van der Waals surface area contributed by atoms with Gasteiger partial charge in [-0.25, -0.2) is 4.98 Å². The molecule has 1 amide bonds. The van der Waals surface area contributed by atoms with Gasteiger partial charge in [0.05, 0.1) is 29.2 Å². The summed E-state index contributed by atoms with van der Waals surface area (Å²) in [7, 11) is -1.82. The maximum atomic E-state index is 13.8. The molecule has 0 aliphatic rings. The second kappa shape index (κ2) is 11.6. The van der Waals surface area contributed by atoms with Crippen molar-refractivity contribution in [2.24, 2.45) is 0 Å². The largest absolute Gasteiger partial charge is 0.495 e. The van der Waals surface area contributed by atoms with Crippen LogP contribution in [-0.2, 0) is 15.9 Å². The Labute approximate surface area is 223 Å². The lowest BCUT2D eigenvalue weighted by atomic mass is 9.92. The molecule has 210 valence electrons. The number of para-hydroxylation sites is 1. The molecular formula is C25H29F3N5O5P. The number of nitrogens with one attached hydrogen (secondary N) is 3. The maximum absolute atomic E-state index is 13.8. The van der Waals surface area contributed by atoms with Crippen molar-refractivity contribution in [3.05, 3.63) is 65.4 Å². The van der Waals surface area contributed by atoms with E-state index >= 15 is 0 Å². The lowest BCUT2D eigenvalue weighted by Gasteiger charge is -2.33. The van der Waals surface area contributed by atoms with Gasteiger partial charge in [0.1, 0.15) is 17.1 Å². The number of nitrogens with zero attached hydrogens (tertiary/aromatic N) is 2. The summed E-state index contributed by atoms with van der Waals surface area (Å²) in [5, 5.41) is 6.39. The Morgan fingerprint density at radius 3 is 2.28 bits per heavy atom. The van der Waals surface area contributed by atoms with Gasteiger partial charge < -0.3 is 30.5 Å². The van der Waals surface area contributed by atoms with E-state index in [4.69, 9.17) is 4.74 Å². The van der Waals surface area contributed by atoms with Crippen LogP contribution in [0.2, 0.25) is 0 Å². The van der Waals surface area contributed by atoms with Crippen LogP contribution in [0.1, 0.15) is 48.2 Å². The summed E-state index contributed by atoms with van der Waals surface area (Å²) < 4.78 is 59.1. The van der Waals surface area contributed by atoms with Gasteiger partial charge in [-0.15, -0.1) is 0 Å².